The van der Waals surface area contributed by atoms with Crippen molar-refractivity contribution in [1.82, 2.24) is 19.9 Å². The van der Waals surface area contributed by atoms with Crippen molar-refractivity contribution in [2.45, 2.75) is 38.6 Å². The summed E-state index contributed by atoms with van der Waals surface area (Å²) in [6.45, 7) is 5.51. The van der Waals surface area contributed by atoms with Crippen molar-refractivity contribution in [1.29, 1.82) is 0 Å². The molecule has 3 heterocycles. The summed E-state index contributed by atoms with van der Waals surface area (Å²) in [7, 11) is 0. The summed E-state index contributed by atoms with van der Waals surface area (Å²) >= 11 is 1.60. The van der Waals surface area contributed by atoms with Gasteiger partial charge in [0.15, 0.2) is 0 Å². The normalized spacial score (nSPS) is 14.8. The summed E-state index contributed by atoms with van der Waals surface area (Å²) in [6, 6.07) is 18.5. The third kappa shape index (κ3) is 5.83. The van der Waals surface area contributed by atoms with Gasteiger partial charge in [0, 0.05) is 30.8 Å². The fourth-order valence-electron chi connectivity index (χ4n) is 4.59. The highest BCUT2D eigenvalue weighted by Gasteiger charge is 2.28. The van der Waals surface area contributed by atoms with Crippen LogP contribution in [0.15, 0.2) is 66.9 Å². The Kier molecular flexibility index (Phi) is 7.93. The van der Waals surface area contributed by atoms with Crippen LogP contribution < -0.4 is 5.32 Å². The first kappa shape index (κ1) is 25.8. The average Bonchev–Trinajstić information content (AvgIpc) is 3.40. The Morgan fingerprint density at radius 2 is 1.84 bits per heavy atom. The van der Waals surface area contributed by atoms with Gasteiger partial charge < -0.3 is 15.0 Å². The second-order valence-corrected chi connectivity index (χ2v) is 10.3. The molecular weight excluding hydrogens is 501 g/mol. The third-order valence-electron chi connectivity index (χ3n) is 6.66. The van der Waals surface area contributed by atoms with Gasteiger partial charge in [-0.15, -0.1) is 11.3 Å². The zero-order valence-electron chi connectivity index (χ0n) is 21.4. The summed E-state index contributed by atoms with van der Waals surface area (Å²) in [5.74, 6) is 0.457. The number of carbonyl (C=O) groups excluding carboxylic acids is 1. The highest BCUT2D eigenvalue weighted by atomic mass is 32.1. The predicted octanol–water partition coefficient (Wildman–Crippen LogP) is 6.92. The summed E-state index contributed by atoms with van der Waals surface area (Å²) in [4.78, 5) is 29.1. The predicted molar refractivity (Wildman–Crippen MR) is 148 cm³/mol. The summed E-state index contributed by atoms with van der Waals surface area (Å²) in [5.41, 5.74) is 3.51. The molecule has 0 saturated carbocycles. The summed E-state index contributed by atoms with van der Waals surface area (Å²) in [6.07, 6.45) is 3.09. The molecule has 1 fully saturated rings. The van der Waals surface area contributed by atoms with E-state index in [-0.39, 0.29) is 23.9 Å². The molecule has 0 bridgehead atoms. The monoisotopic (exact) mass is 531 g/mol. The van der Waals surface area contributed by atoms with E-state index in [0.717, 1.165) is 45.2 Å². The van der Waals surface area contributed by atoms with Gasteiger partial charge in [-0.05, 0) is 62.6 Å². The van der Waals surface area contributed by atoms with Gasteiger partial charge in [0.1, 0.15) is 5.82 Å². The maximum absolute atomic E-state index is 13.7. The van der Waals surface area contributed by atoms with Crippen LogP contribution in [0.5, 0.6) is 0 Å². The fraction of sp³-hybridized carbons (Fsp3) is 0.310. The lowest BCUT2D eigenvalue weighted by Crippen LogP contribution is -2.38. The third-order valence-corrected chi connectivity index (χ3v) is 7.91. The van der Waals surface area contributed by atoms with E-state index in [2.05, 4.69) is 29.4 Å². The molecule has 0 unspecified atom stereocenters. The Hall–Kier alpha value is -3.85. The van der Waals surface area contributed by atoms with Crippen LogP contribution in [0.3, 0.4) is 0 Å². The number of nitrogens with one attached hydrogen (secondary N) is 1. The fourth-order valence-corrected chi connectivity index (χ4v) is 5.81. The molecule has 1 amide bonds. The molecular formula is C29H30FN5O2S. The van der Waals surface area contributed by atoms with Gasteiger partial charge in [-0.2, -0.15) is 0 Å². The van der Waals surface area contributed by atoms with Crippen LogP contribution in [0.2, 0.25) is 0 Å². The molecule has 2 aromatic carbocycles. The molecule has 2 aromatic heterocycles. The van der Waals surface area contributed by atoms with Crippen LogP contribution in [0.1, 0.15) is 49.2 Å². The van der Waals surface area contributed by atoms with E-state index in [4.69, 9.17) is 14.7 Å². The number of nitrogens with zero attached hydrogens (tertiary/aromatic N) is 4. The number of amides is 1. The molecule has 1 saturated heterocycles. The minimum absolute atomic E-state index is 0.0321. The van der Waals surface area contributed by atoms with Gasteiger partial charge in [-0.25, -0.2) is 24.1 Å². The highest BCUT2D eigenvalue weighted by Crippen LogP contribution is 2.41. The standard InChI is InChI=1S/C29H30FN5O2S/c1-3-37-29(36)35-17-14-22(15-18-35)27-34-25(21-9-11-23(30)12-10-21)26(38-27)24-13-16-31-28(33-24)32-19(2)20-7-5-4-6-8-20/h4-13,16,19,22H,3,14-15,17-18H2,1-2H3,(H,31,32,33)/t19-/m1/s1. The Balaban J connectivity index is 1.43. The SMILES string of the molecule is CCOC(=O)N1CCC(c2nc(-c3ccc(F)cc3)c(-c3ccnc(N[C@H](C)c4ccccc4)n3)s2)CC1. The first-order valence-corrected chi connectivity index (χ1v) is 13.7. The van der Waals surface area contributed by atoms with Crippen molar-refractivity contribution in [3.63, 3.8) is 0 Å². The van der Waals surface area contributed by atoms with Crippen LogP contribution in [0, 0.1) is 5.82 Å². The van der Waals surface area contributed by atoms with Gasteiger partial charge >= 0.3 is 6.09 Å². The number of likely N-dealkylation sites (tertiary alicyclic amines) is 1. The first-order chi connectivity index (χ1) is 18.5. The number of halogens is 1. The Labute approximate surface area is 225 Å². The van der Waals surface area contributed by atoms with Crippen molar-refractivity contribution in [3.8, 4) is 21.8 Å². The van der Waals surface area contributed by atoms with E-state index in [9.17, 15) is 9.18 Å². The Morgan fingerprint density at radius 3 is 2.55 bits per heavy atom. The lowest BCUT2D eigenvalue weighted by Gasteiger charge is -2.30. The summed E-state index contributed by atoms with van der Waals surface area (Å²) < 4.78 is 18.9. The number of hydrogen-bond acceptors (Lipinski definition) is 7. The zero-order valence-corrected chi connectivity index (χ0v) is 22.2. The van der Waals surface area contributed by atoms with E-state index in [1.165, 1.54) is 12.1 Å². The Bertz CT molecular complexity index is 1370. The quantitative estimate of drug-likeness (QED) is 0.279. The molecule has 1 atom stereocenters. The molecule has 196 valence electrons. The molecule has 38 heavy (non-hydrogen) atoms. The number of hydrogen-bond donors (Lipinski definition) is 1. The van der Waals surface area contributed by atoms with Crippen molar-refractivity contribution in [3.05, 3.63) is 83.2 Å². The van der Waals surface area contributed by atoms with E-state index in [0.29, 0.717) is 25.6 Å². The molecule has 0 spiro atoms. The van der Waals surface area contributed by atoms with Gasteiger partial charge in [0.2, 0.25) is 5.95 Å². The molecule has 7 nitrogen and oxygen atoms in total. The second-order valence-electron chi connectivity index (χ2n) is 9.24. The lowest BCUT2D eigenvalue weighted by molar-refractivity contribution is 0.0970. The topological polar surface area (TPSA) is 80.2 Å². The van der Waals surface area contributed by atoms with Crippen molar-refractivity contribution < 1.29 is 13.9 Å². The lowest BCUT2D eigenvalue weighted by atomic mass is 9.98. The maximum Gasteiger partial charge on any atom is 0.409 e. The Morgan fingerprint density at radius 1 is 1.11 bits per heavy atom. The number of piperidine rings is 1. The first-order valence-electron chi connectivity index (χ1n) is 12.8. The van der Waals surface area contributed by atoms with Gasteiger partial charge in [-0.1, -0.05) is 30.3 Å². The summed E-state index contributed by atoms with van der Waals surface area (Å²) in [5, 5.41) is 4.39. The number of aromatic nitrogens is 3. The number of thiazole rings is 1. The van der Waals surface area contributed by atoms with Gasteiger partial charge in [0.05, 0.1) is 33.9 Å². The van der Waals surface area contributed by atoms with E-state index in [1.54, 1.807) is 34.6 Å². The smallest absolute Gasteiger partial charge is 0.409 e. The number of benzene rings is 2. The molecule has 1 N–H and O–H groups in total. The minimum atomic E-state index is -0.291. The maximum atomic E-state index is 13.7. The highest BCUT2D eigenvalue weighted by molar-refractivity contribution is 7.15. The van der Waals surface area contributed by atoms with Crippen LogP contribution >= 0.6 is 11.3 Å². The molecule has 1 aliphatic heterocycles. The van der Waals surface area contributed by atoms with Crippen molar-refractivity contribution >= 4 is 23.4 Å². The average molecular weight is 532 g/mol. The molecule has 0 radical (unpaired) electrons. The second kappa shape index (κ2) is 11.7. The molecule has 9 heteroatoms. The molecule has 5 rings (SSSR count). The largest absolute Gasteiger partial charge is 0.450 e. The van der Waals surface area contributed by atoms with E-state index < -0.39 is 0 Å². The number of ether oxygens (including phenoxy) is 1. The van der Waals surface area contributed by atoms with Crippen molar-refractivity contribution in [2.75, 3.05) is 25.0 Å². The van der Waals surface area contributed by atoms with Crippen LogP contribution in [0.25, 0.3) is 21.8 Å². The molecule has 4 aromatic rings. The van der Waals surface area contributed by atoms with Crippen LogP contribution in [-0.4, -0.2) is 45.6 Å². The minimum Gasteiger partial charge on any atom is -0.450 e. The zero-order chi connectivity index (χ0) is 26.5. The van der Waals surface area contributed by atoms with Gasteiger partial charge in [-0.3, -0.25) is 0 Å². The number of rotatable bonds is 7. The molecule has 0 aliphatic carbocycles. The number of carbonyl (C=O) groups is 1. The van der Waals surface area contributed by atoms with Gasteiger partial charge in [0.25, 0.3) is 0 Å². The number of anilines is 1. The van der Waals surface area contributed by atoms with Crippen LogP contribution in [0.4, 0.5) is 15.1 Å². The van der Waals surface area contributed by atoms with E-state index >= 15 is 0 Å². The van der Waals surface area contributed by atoms with Crippen LogP contribution in [-0.2, 0) is 4.74 Å². The molecule has 1 aliphatic rings. The van der Waals surface area contributed by atoms with Crippen molar-refractivity contribution in [2.24, 2.45) is 0 Å². The van der Waals surface area contributed by atoms with E-state index in [1.807, 2.05) is 31.2 Å².